The predicted octanol–water partition coefficient (Wildman–Crippen LogP) is 1.05. The van der Waals surface area contributed by atoms with E-state index in [2.05, 4.69) is 9.71 Å². The molecule has 1 fully saturated rings. The van der Waals surface area contributed by atoms with Gasteiger partial charge >= 0.3 is 0 Å². The van der Waals surface area contributed by atoms with E-state index in [9.17, 15) is 8.42 Å². The monoisotopic (exact) mass is 243 g/mol. The number of imidazole rings is 1. The highest BCUT2D eigenvalue weighted by Gasteiger charge is 2.32. The molecular weight excluding hydrogens is 226 g/mol. The molecule has 0 saturated heterocycles. The van der Waals surface area contributed by atoms with Gasteiger partial charge in [-0.1, -0.05) is 0 Å². The molecule has 2 rings (SSSR count). The van der Waals surface area contributed by atoms with Crippen molar-refractivity contribution in [2.75, 3.05) is 0 Å². The molecule has 6 heteroatoms. The summed E-state index contributed by atoms with van der Waals surface area (Å²) in [6.07, 6.45) is 5.35. The van der Waals surface area contributed by atoms with Crippen LogP contribution in [0.1, 0.15) is 37.8 Å². The number of rotatable bonds is 5. The quantitative estimate of drug-likeness (QED) is 0.840. The van der Waals surface area contributed by atoms with E-state index >= 15 is 0 Å². The third-order valence-electron chi connectivity index (χ3n) is 2.83. The van der Waals surface area contributed by atoms with Crippen LogP contribution >= 0.6 is 0 Å². The van der Waals surface area contributed by atoms with E-state index in [1.54, 1.807) is 19.3 Å². The molecule has 1 aliphatic rings. The maximum Gasteiger partial charge on any atom is 0.221 e. The van der Waals surface area contributed by atoms with Gasteiger partial charge in [0, 0.05) is 25.0 Å². The van der Waals surface area contributed by atoms with Gasteiger partial charge in [0.1, 0.15) is 11.1 Å². The van der Waals surface area contributed by atoms with Crippen molar-refractivity contribution in [1.82, 2.24) is 14.3 Å². The summed E-state index contributed by atoms with van der Waals surface area (Å²) in [7, 11) is -3.29. The summed E-state index contributed by atoms with van der Waals surface area (Å²) in [4.78, 5) is 4.12. The summed E-state index contributed by atoms with van der Waals surface area (Å²) < 4.78 is 28.5. The van der Waals surface area contributed by atoms with Crippen molar-refractivity contribution in [3.05, 3.63) is 18.2 Å². The summed E-state index contributed by atoms with van der Waals surface area (Å²) in [6, 6.07) is 0.150. The first kappa shape index (κ1) is 11.6. The molecule has 1 N–H and O–H groups in total. The minimum absolute atomic E-state index is 0.150. The minimum Gasteiger partial charge on any atom is -0.334 e. The van der Waals surface area contributed by atoms with E-state index in [-0.39, 0.29) is 6.04 Å². The van der Waals surface area contributed by atoms with E-state index in [0.717, 1.165) is 19.4 Å². The molecule has 5 nitrogen and oxygen atoms in total. The first-order valence-corrected chi connectivity index (χ1v) is 7.11. The number of hydrogen-bond acceptors (Lipinski definition) is 3. The van der Waals surface area contributed by atoms with E-state index in [1.807, 2.05) is 11.5 Å². The highest BCUT2D eigenvalue weighted by molar-refractivity contribution is 7.89. The Balaban J connectivity index is 2.19. The lowest BCUT2D eigenvalue weighted by Crippen LogP contribution is -2.31. The molecule has 1 aromatic heterocycles. The number of aromatic nitrogens is 2. The Hall–Kier alpha value is -0.880. The SMILES string of the molecule is CCn1ccnc1[C@@H](C)S(=O)(=O)NC1CC1. The summed E-state index contributed by atoms with van der Waals surface area (Å²) in [5, 5.41) is -0.594. The molecule has 0 aromatic carbocycles. The van der Waals surface area contributed by atoms with Crippen molar-refractivity contribution < 1.29 is 8.42 Å². The Morgan fingerprint density at radius 3 is 2.88 bits per heavy atom. The second kappa shape index (κ2) is 4.18. The zero-order valence-electron chi connectivity index (χ0n) is 9.55. The number of nitrogens with zero attached hydrogens (tertiary/aromatic N) is 2. The van der Waals surface area contributed by atoms with Crippen LogP contribution in [0.4, 0.5) is 0 Å². The van der Waals surface area contributed by atoms with Gasteiger partial charge in [0.15, 0.2) is 0 Å². The predicted molar refractivity (Wildman–Crippen MR) is 61.4 cm³/mol. The van der Waals surface area contributed by atoms with Crippen LogP contribution in [-0.2, 0) is 16.6 Å². The summed E-state index contributed by atoms with van der Waals surface area (Å²) in [6.45, 7) is 4.39. The van der Waals surface area contributed by atoms with Crippen LogP contribution in [0.2, 0.25) is 0 Å². The van der Waals surface area contributed by atoms with Crippen LogP contribution in [0.3, 0.4) is 0 Å². The van der Waals surface area contributed by atoms with Crippen molar-refractivity contribution in [2.45, 2.75) is 44.5 Å². The Morgan fingerprint density at radius 1 is 1.62 bits per heavy atom. The third-order valence-corrected chi connectivity index (χ3v) is 4.63. The fourth-order valence-corrected chi connectivity index (χ4v) is 3.00. The lowest BCUT2D eigenvalue weighted by molar-refractivity contribution is 0.562. The molecule has 90 valence electrons. The van der Waals surface area contributed by atoms with Gasteiger partial charge in [-0.25, -0.2) is 18.1 Å². The van der Waals surface area contributed by atoms with Gasteiger partial charge in [-0.05, 0) is 26.7 Å². The number of nitrogens with one attached hydrogen (secondary N) is 1. The third kappa shape index (κ3) is 2.27. The van der Waals surface area contributed by atoms with Gasteiger partial charge in [-0.3, -0.25) is 0 Å². The molecule has 0 unspecified atom stereocenters. The highest BCUT2D eigenvalue weighted by atomic mass is 32.2. The first-order valence-electron chi connectivity index (χ1n) is 5.56. The van der Waals surface area contributed by atoms with Gasteiger partial charge in [0.05, 0.1) is 0 Å². The zero-order valence-corrected chi connectivity index (χ0v) is 10.4. The summed E-state index contributed by atoms with van der Waals surface area (Å²) in [5.41, 5.74) is 0. The van der Waals surface area contributed by atoms with Crippen molar-refractivity contribution in [3.63, 3.8) is 0 Å². The largest absolute Gasteiger partial charge is 0.334 e. The maximum atomic E-state index is 12.0. The van der Waals surface area contributed by atoms with Crippen LogP contribution < -0.4 is 4.72 Å². The van der Waals surface area contributed by atoms with Gasteiger partial charge in [0.25, 0.3) is 0 Å². The smallest absolute Gasteiger partial charge is 0.221 e. The summed E-state index contributed by atoms with van der Waals surface area (Å²) in [5.74, 6) is 0.607. The Kier molecular flexibility index (Phi) is 3.03. The maximum absolute atomic E-state index is 12.0. The van der Waals surface area contributed by atoms with Gasteiger partial charge in [-0.2, -0.15) is 0 Å². The minimum atomic E-state index is -3.29. The number of hydrogen-bond donors (Lipinski definition) is 1. The van der Waals surface area contributed by atoms with Crippen molar-refractivity contribution in [1.29, 1.82) is 0 Å². The number of aryl methyl sites for hydroxylation is 1. The second-order valence-electron chi connectivity index (χ2n) is 4.15. The Bertz CT molecular complexity index is 462. The average Bonchev–Trinajstić information content (AvgIpc) is 2.91. The lowest BCUT2D eigenvalue weighted by Gasteiger charge is -2.14. The summed E-state index contributed by atoms with van der Waals surface area (Å²) >= 11 is 0. The first-order chi connectivity index (χ1) is 7.54. The molecule has 0 radical (unpaired) electrons. The molecule has 1 heterocycles. The molecule has 16 heavy (non-hydrogen) atoms. The fourth-order valence-electron chi connectivity index (χ4n) is 1.62. The van der Waals surface area contributed by atoms with Crippen molar-refractivity contribution >= 4 is 10.0 Å². The molecule has 0 aliphatic heterocycles. The van der Waals surface area contributed by atoms with E-state index in [4.69, 9.17) is 0 Å². The van der Waals surface area contributed by atoms with Crippen LogP contribution in [0.15, 0.2) is 12.4 Å². The van der Waals surface area contributed by atoms with Crippen LogP contribution in [0, 0.1) is 0 Å². The van der Waals surface area contributed by atoms with Gasteiger partial charge in [0.2, 0.25) is 10.0 Å². The molecule has 1 saturated carbocycles. The zero-order chi connectivity index (χ0) is 11.8. The molecule has 0 spiro atoms. The number of sulfonamides is 1. The topological polar surface area (TPSA) is 64.0 Å². The van der Waals surface area contributed by atoms with E-state index in [0.29, 0.717) is 5.82 Å². The van der Waals surface area contributed by atoms with Gasteiger partial charge in [-0.15, -0.1) is 0 Å². The van der Waals surface area contributed by atoms with Gasteiger partial charge < -0.3 is 4.57 Å². The molecule has 1 aromatic rings. The molecule has 1 atom stereocenters. The molecular formula is C10H17N3O2S. The normalized spacial score (nSPS) is 18.6. The fraction of sp³-hybridized carbons (Fsp3) is 0.700. The van der Waals surface area contributed by atoms with E-state index < -0.39 is 15.3 Å². The second-order valence-corrected chi connectivity index (χ2v) is 6.18. The molecule has 0 amide bonds. The van der Waals surface area contributed by atoms with Crippen LogP contribution in [0.25, 0.3) is 0 Å². The Morgan fingerprint density at radius 2 is 2.31 bits per heavy atom. The Labute approximate surface area is 95.9 Å². The van der Waals surface area contributed by atoms with Crippen LogP contribution in [-0.4, -0.2) is 24.0 Å². The van der Waals surface area contributed by atoms with Crippen molar-refractivity contribution in [2.24, 2.45) is 0 Å². The van der Waals surface area contributed by atoms with E-state index in [1.165, 1.54) is 0 Å². The highest BCUT2D eigenvalue weighted by Crippen LogP contribution is 2.25. The van der Waals surface area contributed by atoms with Crippen molar-refractivity contribution in [3.8, 4) is 0 Å². The lowest BCUT2D eigenvalue weighted by atomic mass is 10.4. The molecule has 0 bridgehead atoms. The standard InChI is InChI=1S/C10H17N3O2S/c1-3-13-7-6-11-10(13)8(2)16(14,15)12-9-4-5-9/h6-9,12H,3-5H2,1-2H3/t8-/m1/s1. The molecule has 1 aliphatic carbocycles. The average molecular weight is 243 g/mol. The van der Waals surface area contributed by atoms with Crippen LogP contribution in [0.5, 0.6) is 0 Å².